The van der Waals surface area contributed by atoms with Crippen LogP contribution >= 0.6 is 11.6 Å². The molecule has 3 heterocycles. The molecule has 4 rings (SSSR count). The summed E-state index contributed by atoms with van der Waals surface area (Å²) in [6, 6.07) is 7.50. The first-order valence-corrected chi connectivity index (χ1v) is 10.2. The van der Waals surface area contributed by atoms with Gasteiger partial charge in [-0.3, -0.25) is 4.98 Å². The molecular formula is C22H25ClN4O3. The van der Waals surface area contributed by atoms with E-state index in [1.165, 1.54) is 0 Å². The van der Waals surface area contributed by atoms with E-state index in [-0.39, 0.29) is 12.1 Å². The SMILES string of the molecule is CN(C)C(N)=NC1(C=O)c2cc(-c3cncc(Cl)c3)ccc2OC2CCCOC21C. The molecule has 1 aromatic carbocycles. The number of halogens is 1. The predicted octanol–water partition coefficient (Wildman–Crippen LogP) is 3.00. The van der Waals surface area contributed by atoms with Gasteiger partial charge in [0.2, 0.25) is 0 Å². The van der Waals surface area contributed by atoms with Crippen LogP contribution in [0.5, 0.6) is 5.75 Å². The molecular weight excluding hydrogens is 404 g/mol. The highest BCUT2D eigenvalue weighted by Crippen LogP contribution is 2.52. The number of fused-ring (bicyclic) bond motifs is 2. The zero-order valence-electron chi connectivity index (χ0n) is 17.3. The van der Waals surface area contributed by atoms with Crippen molar-refractivity contribution in [1.29, 1.82) is 0 Å². The normalized spacial score (nSPS) is 28.1. The number of pyridine rings is 1. The van der Waals surface area contributed by atoms with Crippen LogP contribution in [0.15, 0.2) is 41.7 Å². The van der Waals surface area contributed by atoms with Gasteiger partial charge in [0.15, 0.2) is 17.8 Å². The highest BCUT2D eigenvalue weighted by Gasteiger charge is 2.62. The zero-order chi connectivity index (χ0) is 21.5. The molecule has 3 unspecified atom stereocenters. The number of nitrogens with zero attached hydrogens (tertiary/aromatic N) is 3. The maximum absolute atomic E-state index is 12.8. The number of rotatable bonds is 3. The van der Waals surface area contributed by atoms with Gasteiger partial charge < -0.3 is 24.9 Å². The molecule has 1 saturated heterocycles. The fourth-order valence-corrected chi connectivity index (χ4v) is 4.38. The van der Waals surface area contributed by atoms with Gasteiger partial charge in [0.25, 0.3) is 0 Å². The lowest BCUT2D eigenvalue weighted by Crippen LogP contribution is -2.65. The van der Waals surface area contributed by atoms with Crippen LogP contribution in [0.3, 0.4) is 0 Å². The molecule has 30 heavy (non-hydrogen) atoms. The van der Waals surface area contributed by atoms with E-state index in [9.17, 15) is 4.79 Å². The van der Waals surface area contributed by atoms with Crippen LogP contribution in [-0.2, 0) is 15.1 Å². The number of nitrogens with two attached hydrogens (primary N) is 1. The summed E-state index contributed by atoms with van der Waals surface area (Å²) in [5.74, 6) is 0.836. The number of aromatic nitrogens is 1. The number of carbonyl (C=O) groups excluding carboxylic acids is 1. The molecule has 2 aliphatic heterocycles. The third kappa shape index (κ3) is 3.13. The molecule has 2 aromatic rings. The van der Waals surface area contributed by atoms with Crippen molar-refractivity contribution in [2.75, 3.05) is 20.7 Å². The summed E-state index contributed by atoms with van der Waals surface area (Å²) in [5.41, 5.74) is 6.13. The lowest BCUT2D eigenvalue weighted by Gasteiger charge is -2.53. The number of aliphatic imine (C=N–C) groups is 1. The molecule has 158 valence electrons. The highest BCUT2D eigenvalue weighted by molar-refractivity contribution is 6.30. The van der Waals surface area contributed by atoms with E-state index in [1.807, 2.05) is 31.2 Å². The second-order valence-corrected chi connectivity index (χ2v) is 8.49. The first kappa shape index (κ1) is 20.6. The Hall–Kier alpha value is -2.64. The molecule has 2 N–H and O–H groups in total. The van der Waals surface area contributed by atoms with E-state index in [4.69, 9.17) is 31.8 Å². The van der Waals surface area contributed by atoms with Crippen molar-refractivity contribution >= 4 is 23.8 Å². The van der Waals surface area contributed by atoms with Crippen molar-refractivity contribution in [3.8, 4) is 16.9 Å². The summed E-state index contributed by atoms with van der Waals surface area (Å²) >= 11 is 6.13. The smallest absolute Gasteiger partial charge is 0.192 e. The van der Waals surface area contributed by atoms with Crippen molar-refractivity contribution in [2.24, 2.45) is 10.7 Å². The van der Waals surface area contributed by atoms with E-state index in [2.05, 4.69) is 4.98 Å². The molecule has 0 aliphatic carbocycles. The van der Waals surface area contributed by atoms with E-state index in [0.717, 1.165) is 30.3 Å². The van der Waals surface area contributed by atoms with Crippen LogP contribution in [-0.4, -0.2) is 54.5 Å². The Kier molecular flexibility index (Phi) is 5.20. The number of hydrogen-bond donors (Lipinski definition) is 1. The molecule has 8 heteroatoms. The van der Waals surface area contributed by atoms with Crippen molar-refractivity contribution in [2.45, 2.75) is 37.0 Å². The summed E-state index contributed by atoms with van der Waals surface area (Å²) in [6.45, 7) is 2.41. The number of guanidine groups is 1. The summed E-state index contributed by atoms with van der Waals surface area (Å²) in [6.07, 6.45) is 5.43. The monoisotopic (exact) mass is 428 g/mol. The standard InChI is InChI=1S/C22H25ClN4O3/c1-21-19(5-4-8-29-21)30-18-7-6-14(15-9-16(23)12-25-11-15)10-17(18)22(21,13-28)26-20(24)27(2)3/h6-7,9-13,19H,4-5,8H2,1-3H3,(H2,24,26). The van der Waals surface area contributed by atoms with E-state index >= 15 is 0 Å². The van der Waals surface area contributed by atoms with Crippen LogP contribution in [0.2, 0.25) is 5.02 Å². The summed E-state index contributed by atoms with van der Waals surface area (Å²) < 4.78 is 12.5. The van der Waals surface area contributed by atoms with E-state index < -0.39 is 11.1 Å². The van der Waals surface area contributed by atoms with Crippen LogP contribution in [0.4, 0.5) is 0 Å². The largest absolute Gasteiger partial charge is 0.487 e. The number of ether oxygens (including phenoxy) is 2. The molecule has 1 aromatic heterocycles. The quantitative estimate of drug-likeness (QED) is 0.459. The van der Waals surface area contributed by atoms with Gasteiger partial charge in [0, 0.05) is 44.2 Å². The molecule has 3 atom stereocenters. The van der Waals surface area contributed by atoms with Crippen LogP contribution in [0, 0.1) is 0 Å². The first-order chi connectivity index (χ1) is 14.3. The Morgan fingerprint density at radius 2 is 2.13 bits per heavy atom. The van der Waals surface area contributed by atoms with Gasteiger partial charge in [-0.2, -0.15) is 0 Å². The van der Waals surface area contributed by atoms with Crippen molar-refractivity contribution < 1.29 is 14.3 Å². The van der Waals surface area contributed by atoms with Gasteiger partial charge in [-0.05, 0) is 43.5 Å². The van der Waals surface area contributed by atoms with Crippen molar-refractivity contribution in [3.63, 3.8) is 0 Å². The maximum atomic E-state index is 12.8. The Labute approximate surface area is 180 Å². The third-order valence-electron chi connectivity index (χ3n) is 6.00. The Morgan fingerprint density at radius 3 is 2.83 bits per heavy atom. The summed E-state index contributed by atoms with van der Waals surface area (Å²) in [5, 5.41) is 0.528. The second kappa shape index (κ2) is 7.56. The average molecular weight is 429 g/mol. The molecule has 2 aliphatic rings. The number of benzene rings is 1. The molecule has 0 radical (unpaired) electrons. The van der Waals surface area contributed by atoms with E-state index in [0.29, 0.717) is 22.9 Å². The van der Waals surface area contributed by atoms with Gasteiger partial charge in [-0.1, -0.05) is 17.7 Å². The zero-order valence-corrected chi connectivity index (χ0v) is 18.0. The third-order valence-corrected chi connectivity index (χ3v) is 6.21. The van der Waals surface area contributed by atoms with E-state index in [1.54, 1.807) is 31.4 Å². The Bertz CT molecular complexity index is 1010. The van der Waals surface area contributed by atoms with Gasteiger partial charge in [0.1, 0.15) is 17.5 Å². The predicted molar refractivity (Wildman–Crippen MR) is 116 cm³/mol. The fraction of sp³-hybridized carbons (Fsp3) is 0.409. The summed E-state index contributed by atoms with van der Waals surface area (Å²) in [7, 11) is 3.57. The molecule has 1 fully saturated rings. The minimum atomic E-state index is -1.36. The Morgan fingerprint density at radius 1 is 1.33 bits per heavy atom. The van der Waals surface area contributed by atoms with Crippen molar-refractivity contribution in [3.05, 3.63) is 47.2 Å². The Balaban J connectivity index is 1.97. The molecule has 0 amide bonds. The van der Waals surface area contributed by atoms with Crippen LogP contribution in [0.25, 0.3) is 11.1 Å². The minimum Gasteiger partial charge on any atom is -0.487 e. The molecule has 7 nitrogen and oxygen atoms in total. The number of carbonyl (C=O) groups is 1. The van der Waals surface area contributed by atoms with Gasteiger partial charge in [0.05, 0.1) is 5.02 Å². The lowest BCUT2D eigenvalue weighted by molar-refractivity contribution is -0.184. The number of hydrogen-bond acceptors (Lipinski definition) is 5. The van der Waals surface area contributed by atoms with Crippen LogP contribution < -0.4 is 10.5 Å². The fourth-order valence-electron chi connectivity index (χ4n) is 4.21. The average Bonchev–Trinajstić information content (AvgIpc) is 2.73. The second-order valence-electron chi connectivity index (χ2n) is 8.06. The summed E-state index contributed by atoms with van der Waals surface area (Å²) in [4.78, 5) is 23.4. The topological polar surface area (TPSA) is 90.0 Å². The number of aldehydes is 1. The molecule has 0 spiro atoms. The minimum absolute atomic E-state index is 0.235. The van der Waals surface area contributed by atoms with Crippen molar-refractivity contribution in [1.82, 2.24) is 9.88 Å². The molecule has 0 saturated carbocycles. The van der Waals surface area contributed by atoms with Crippen LogP contribution in [0.1, 0.15) is 25.3 Å². The molecule has 0 bridgehead atoms. The van der Waals surface area contributed by atoms with Gasteiger partial charge in [-0.15, -0.1) is 0 Å². The lowest BCUT2D eigenvalue weighted by atomic mass is 9.69. The highest BCUT2D eigenvalue weighted by atomic mass is 35.5. The van der Waals surface area contributed by atoms with Gasteiger partial charge in [-0.25, -0.2) is 4.99 Å². The van der Waals surface area contributed by atoms with Gasteiger partial charge >= 0.3 is 0 Å². The first-order valence-electron chi connectivity index (χ1n) is 9.86. The maximum Gasteiger partial charge on any atom is 0.192 e.